The van der Waals surface area contributed by atoms with Gasteiger partial charge in [-0.25, -0.2) is 4.98 Å². The van der Waals surface area contributed by atoms with Crippen molar-refractivity contribution in [3.05, 3.63) is 46.3 Å². The smallest absolute Gasteiger partial charge is 0.272 e. The summed E-state index contributed by atoms with van der Waals surface area (Å²) in [6, 6.07) is 9.33. The Morgan fingerprint density at radius 2 is 2.21 bits per heavy atom. The number of hydrogen-bond donors (Lipinski definition) is 1. The van der Waals surface area contributed by atoms with E-state index >= 15 is 0 Å². The second-order valence-electron chi connectivity index (χ2n) is 4.50. The summed E-state index contributed by atoms with van der Waals surface area (Å²) in [7, 11) is 1.80. The first-order valence-electron chi connectivity index (χ1n) is 6.10. The van der Waals surface area contributed by atoms with E-state index in [4.69, 9.17) is 5.73 Å². The third-order valence-electron chi connectivity index (χ3n) is 3.05. The zero-order valence-corrected chi connectivity index (χ0v) is 11.9. The summed E-state index contributed by atoms with van der Waals surface area (Å²) in [5.41, 5.74) is 5.99. The van der Waals surface area contributed by atoms with Crippen molar-refractivity contribution in [3.63, 3.8) is 0 Å². The summed E-state index contributed by atoms with van der Waals surface area (Å²) in [6.07, 6.45) is 0.849. The fraction of sp³-hybridized carbons (Fsp3) is 0.286. The molecule has 0 bridgehead atoms. The Morgan fingerprint density at radius 3 is 2.84 bits per heavy atom. The van der Waals surface area contributed by atoms with Gasteiger partial charge in [-0.05, 0) is 30.5 Å². The topological polar surface area (TPSA) is 59.2 Å². The molecular formula is C14H17N3OS. The number of rotatable bonds is 4. The van der Waals surface area contributed by atoms with E-state index in [2.05, 4.69) is 11.1 Å². The number of likely N-dealkylation sites (N-methyl/N-ethyl adjacent to an activating group) is 1. The third-order valence-corrected chi connectivity index (χ3v) is 3.95. The molecular weight excluding hydrogens is 258 g/mol. The predicted octanol–water partition coefficient (Wildman–Crippen LogP) is 2.43. The number of thiophene rings is 1. The van der Waals surface area contributed by atoms with Crippen molar-refractivity contribution in [2.24, 2.45) is 0 Å². The highest BCUT2D eigenvalue weighted by Crippen LogP contribution is 2.15. The minimum absolute atomic E-state index is 0.101. The molecule has 2 heterocycles. The van der Waals surface area contributed by atoms with Crippen molar-refractivity contribution < 1.29 is 4.79 Å². The first kappa shape index (κ1) is 13.5. The van der Waals surface area contributed by atoms with Crippen LogP contribution in [0.3, 0.4) is 0 Å². The minimum Gasteiger partial charge on any atom is -0.384 e. The average molecular weight is 275 g/mol. The van der Waals surface area contributed by atoms with Gasteiger partial charge in [-0.1, -0.05) is 12.1 Å². The van der Waals surface area contributed by atoms with Crippen molar-refractivity contribution in [3.8, 4) is 0 Å². The maximum atomic E-state index is 12.3. The summed E-state index contributed by atoms with van der Waals surface area (Å²) in [5.74, 6) is 0.265. The number of carbonyl (C=O) groups excluding carboxylic acids is 1. The van der Waals surface area contributed by atoms with Crippen LogP contribution in [0.25, 0.3) is 0 Å². The van der Waals surface area contributed by atoms with E-state index in [0.717, 1.165) is 6.42 Å². The van der Waals surface area contributed by atoms with Gasteiger partial charge in [0.05, 0.1) is 0 Å². The van der Waals surface area contributed by atoms with E-state index in [-0.39, 0.29) is 11.9 Å². The maximum absolute atomic E-state index is 12.3. The molecule has 0 saturated carbocycles. The van der Waals surface area contributed by atoms with Crippen molar-refractivity contribution in [2.75, 3.05) is 12.8 Å². The third kappa shape index (κ3) is 3.32. The quantitative estimate of drug-likeness (QED) is 0.932. The Hall–Kier alpha value is -1.88. The van der Waals surface area contributed by atoms with Crippen LogP contribution in [0.15, 0.2) is 35.7 Å². The molecule has 2 N–H and O–H groups in total. The van der Waals surface area contributed by atoms with Gasteiger partial charge in [0.15, 0.2) is 0 Å². The number of nitrogens with zero attached hydrogens (tertiary/aromatic N) is 2. The summed E-state index contributed by atoms with van der Waals surface area (Å²) < 4.78 is 0. The van der Waals surface area contributed by atoms with E-state index < -0.39 is 0 Å². The Kier molecular flexibility index (Phi) is 4.16. The molecule has 5 heteroatoms. The second kappa shape index (κ2) is 5.84. The Labute approximate surface area is 116 Å². The Bertz CT molecular complexity index is 554. The number of pyridine rings is 1. The molecule has 2 aromatic heterocycles. The predicted molar refractivity (Wildman–Crippen MR) is 78.2 cm³/mol. The lowest BCUT2D eigenvalue weighted by molar-refractivity contribution is 0.0738. The molecule has 0 aliphatic heterocycles. The van der Waals surface area contributed by atoms with Crippen LogP contribution in [0, 0.1) is 0 Å². The van der Waals surface area contributed by atoms with Gasteiger partial charge in [-0.2, -0.15) is 0 Å². The molecule has 0 fully saturated rings. The van der Waals surface area contributed by atoms with Gasteiger partial charge in [-0.3, -0.25) is 4.79 Å². The van der Waals surface area contributed by atoms with Crippen LogP contribution >= 0.6 is 11.3 Å². The van der Waals surface area contributed by atoms with Crippen LogP contribution in [0.5, 0.6) is 0 Å². The molecule has 4 nitrogen and oxygen atoms in total. The number of amides is 1. The van der Waals surface area contributed by atoms with E-state index in [0.29, 0.717) is 11.5 Å². The molecule has 0 spiro atoms. The van der Waals surface area contributed by atoms with E-state index in [1.54, 1.807) is 41.5 Å². The van der Waals surface area contributed by atoms with Gasteiger partial charge in [0.2, 0.25) is 0 Å². The van der Waals surface area contributed by atoms with Gasteiger partial charge in [0.25, 0.3) is 5.91 Å². The first-order chi connectivity index (χ1) is 9.08. The molecule has 0 radical (unpaired) electrons. The van der Waals surface area contributed by atoms with Gasteiger partial charge in [0.1, 0.15) is 11.5 Å². The number of aromatic nitrogens is 1. The molecule has 2 aromatic rings. The van der Waals surface area contributed by atoms with Gasteiger partial charge in [0, 0.05) is 24.4 Å². The van der Waals surface area contributed by atoms with E-state index in [1.807, 2.05) is 18.4 Å². The minimum atomic E-state index is -0.101. The van der Waals surface area contributed by atoms with Crippen LogP contribution in [0.4, 0.5) is 5.82 Å². The Morgan fingerprint density at radius 1 is 1.42 bits per heavy atom. The fourth-order valence-corrected chi connectivity index (χ4v) is 2.63. The summed E-state index contributed by atoms with van der Waals surface area (Å²) in [6.45, 7) is 2.03. The maximum Gasteiger partial charge on any atom is 0.272 e. The molecule has 19 heavy (non-hydrogen) atoms. The zero-order valence-electron chi connectivity index (χ0n) is 11.0. The van der Waals surface area contributed by atoms with Crippen molar-refractivity contribution in [2.45, 2.75) is 19.4 Å². The molecule has 0 aliphatic carbocycles. The number of hydrogen-bond acceptors (Lipinski definition) is 4. The highest BCUT2D eigenvalue weighted by molar-refractivity contribution is 7.09. The second-order valence-corrected chi connectivity index (χ2v) is 5.53. The van der Waals surface area contributed by atoms with Crippen LogP contribution in [-0.2, 0) is 6.42 Å². The summed E-state index contributed by atoms with van der Waals surface area (Å²) in [4.78, 5) is 19.3. The van der Waals surface area contributed by atoms with Gasteiger partial charge < -0.3 is 10.6 Å². The lowest BCUT2D eigenvalue weighted by Crippen LogP contribution is -2.36. The average Bonchev–Trinajstić information content (AvgIpc) is 2.89. The lowest BCUT2D eigenvalue weighted by atomic mass is 10.1. The Balaban J connectivity index is 2.06. The van der Waals surface area contributed by atoms with Crippen LogP contribution in [-0.4, -0.2) is 28.9 Å². The van der Waals surface area contributed by atoms with Gasteiger partial charge in [-0.15, -0.1) is 11.3 Å². The number of nitrogen functional groups attached to an aromatic ring is 1. The standard InChI is InChI=1S/C14H17N3OS/c1-10(9-11-5-4-8-19-11)17(2)14(18)12-6-3-7-13(15)16-12/h3-8,10H,9H2,1-2H3,(H2,15,16). The number of carbonyl (C=O) groups is 1. The molecule has 100 valence electrons. The SMILES string of the molecule is CC(Cc1cccs1)N(C)C(=O)c1cccc(N)n1. The van der Waals surface area contributed by atoms with Gasteiger partial charge >= 0.3 is 0 Å². The molecule has 0 aliphatic rings. The highest BCUT2D eigenvalue weighted by Gasteiger charge is 2.19. The van der Waals surface area contributed by atoms with Crippen LogP contribution in [0.1, 0.15) is 22.3 Å². The fourth-order valence-electron chi connectivity index (χ4n) is 1.81. The van der Waals surface area contributed by atoms with E-state index in [9.17, 15) is 4.79 Å². The van der Waals surface area contributed by atoms with Crippen LogP contribution in [0.2, 0.25) is 0 Å². The van der Waals surface area contributed by atoms with Crippen molar-refractivity contribution in [1.82, 2.24) is 9.88 Å². The highest BCUT2D eigenvalue weighted by atomic mass is 32.1. The molecule has 0 saturated heterocycles. The normalized spacial score (nSPS) is 12.1. The molecule has 0 aromatic carbocycles. The van der Waals surface area contributed by atoms with Crippen LogP contribution < -0.4 is 5.73 Å². The number of anilines is 1. The molecule has 1 amide bonds. The number of nitrogens with two attached hydrogens (primary N) is 1. The summed E-state index contributed by atoms with van der Waals surface area (Å²) in [5, 5.41) is 2.04. The molecule has 1 unspecified atom stereocenters. The molecule has 2 rings (SSSR count). The van der Waals surface area contributed by atoms with E-state index in [1.165, 1.54) is 4.88 Å². The monoisotopic (exact) mass is 275 g/mol. The summed E-state index contributed by atoms with van der Waals surface area (Å²) >= 11 is 1.71. The lowest BCUT2D eigenvalue weighted by Gasteiger charge is -2.24. The van der Waals surface area contributed by atoms with Crippen molar-refractivity contribution in [1.29, 1.82) is 0 Å². The first-order valence-corrected chi connectivity index (χ1v) is 6.98. The van der Waals surface area contributed by atoms with Crippen molar-refractivity contribution >= 4 is 23.1 Å². The molecule has 1 atom stereocenters. The zero-order chi connectivity index (χ0) is 13.8. The largest absolute Gasteiger partial charge is 0.384 e.